The maximum absolute atomic E-state index is 12.4. The lowest BCUT2D eigenvalue weighted by molar-refractivity contribution is -0.124. The average Bonchev–Trinajstić information content (AvgIpc) is 3.03. The van der Waals surface area contributed by atoms with Gasteiger partial charge in [-0.15, -0.1) is 11.3 Å². The molecule has 5 nitrogen and oxygen atoms in total. The van der Waals surface area contributed by atoms with Crippen LogP contribution in [0.3, 0.4) is 0 Å². The molecule has 0 bridgehead atoms. The maximum Gasteiger partial charge on any atom is 0.258 e. The molecule has 2 aromatic heterocycles. The number of hydrogen-bond acceptors (Lipinski definition) is 5. The van der Waals surface area contributed by atoms with Gasteiger partial charge in [-0.2, -0.15) is 0 Å². The number of carbonyl (C=O) groups is 1. The normalized spacial score (nSPS) is 25.7. The summed E-state index contributed by atoms with van der Waals surface area (Å²) < 4.78 is 5.85. The van der Waals surface area contributed by atoms with E-state index in [1.807, 2.05) is 0 Å². The van der Waals surface area contributed by atoms with Crippen molar-refractivity contribution in [3.8, 4) is 5.88 Å². The van der Waals surface area contributed by atoms with E-state index in [0.29, 0.717) is 17.7 Å². The molecule has 6 heteroatoms. The molecule has 3 atom stereocenters. The lowest BCUT2D eigenvalue weighted by Crippen LogP contribution is -2.45. The SMILES string of the molecule is C[C@@H]1[C@H](C)CCC[C@H]1NC(=O)COc1ncnc2sc3c(c12)CCCC3. The minimum absolute atomic E-state index is 0.0222. The molecule has 26 heavy (non-hydrogen) atoms. The predicted molar refractivity (Wildman–Crippen MR) is 104 cm³/mol. The van der Waals surface area contributed by atoms with Crippen molar-refractivity contribution in [1.82, 2.24) is 15.3 Å². The van der Waals surface area contributed by atoms with E-state index >= 15 is 0 Å². The van der Waals surface area contributed by atoms with E-state index in [1.165, 1.54) is 36.1 Å². The number of thiophene rings is 1. The largest absolute Gasteiger partial charge is 0.467 e. The van der Waals surface area contributed by atoms with Gasteiger partial charge in [0.2, 0.25) is 5.88 Å². The molecule has 2 aliphatic carbocycles. The van der Waals surface area contributed by atoms with Crippen LogP contribution >= 0.6 is 11.3 Å². The maximum atomic E-state index is 12.4. The summed E-state index contributed by atoms with van der Waals surface area (Å²) in [6, 6.07) is 0.258. The first-order valence-corrected chi connectivity index (χ1v) is 10.6. The summed E-state index contributed by atoms with van der Waals surface area (Å²) in [5.41, 5.74) is 1.34. The Morgan fingerprint density at radius 3 is 2.96 bits per heavy atom. The van der Waals surface area contributed by atoms with E-state index in [9.17, 15) is 4.79 Å². The minimum Gasteiger partial charge on any atom is -0.467 e. The molecular weight excluding hydrogens is 346 g/mol. The van der Waals surface area contributed by atoms with Gasteiger partial charge in [-0.3, -0.25) is 4.79 Å². The van der Waals surface area contributed by atoms with Crippen molar-refractivity contribution in [2.45, 2.75) is 64.8 Å². The number of nitrogens with one attached hydrogen (secondary N) is 1. The third-order valence-corrected chi connectivity index (χ3v) is 7.31. The van der Waals surface area contributed by atoms with Gasteiger partial charge in [0.05, 0.1) is 5.39 Å². The molecule has 0 spiro atoms. The molecule has 1 fully saturated rings. The Labute approximate surface area is 158 Å². The number of hydrogen-bond donors (Lipinski definition) is 1. The Morgan fingerprint density at radius 2 is 2.08 bits per heavy atom. The fraction of sp³-hybridized carbons (Fsp3) is 0.650. The van der Waals surface area contributed by atoms with Gasteiger partial charge < -0.3 is 10.1 Å². The molecule has 0 aliphatic heterocycles. The highest BCUT2D eigenvalue weighted by Gasteiger charge is 2.28. The van der Waals surface area contributed by atoms with Gasteiger partial charge in [0.15, 0.2) is 6.61 Å². The van der Waals surface area contributed by atoms with Crippen LogP contribution in [0.25, 0.3) is 10.2 Å². The summed E-state index contributed by atoms with van der Waals surface area (Å²) in [6.45, 7) is 4.53. The molecule has 0 saturated heterocycles. The lowest BCUT2D eigenvalue weighted by atomic mass is 9.78. The smallest absolute Gasteiger partial charge is 0.258 e. The molecule has 2 aliphatic rings. The first kappa shape index (κ1) is 17.7. The van der Waals surface area contributed by atoms with Gasteiger partial charge in [0.25, 0.3) is 5.91 Å². The van der Waals surface area contributed by atoms with Gasteiger partial charge >= 0.3 is 0 Å². The second kappa shape index (κ2) is 7.51. The number of ether oxygens (including phenoxy) is 1. The zero-order valence-corrected chi connectivity index (χ0v) is 16.4. The second-order valence-corrected chi connectivity index (χ2v) is 8.88. The van der Waals surface area contributed by atoms with E-state index in [2.05, 4.69) is 29.1 Å². The van der Waals surface area contributed by atoms with Crippen molar-refractivity contribution >= 4 is 27.5 Å². The topological polar surface area (TPSA) is 64.1 Å². The predicted octanol–water partition coefficient (Wildman–Crippen LogP) is 3.89. The fourth-order valence-corrected chi connectivity index (χ4v) is 5.56. The van der Waals surface area contributed by atoms with E-state index in [1.54, 1.807) is 17.7 Å². The molecule has 0 unspecified atom stereocenters. The molecule has 0 radical (unpaired) electrons. The van der Waals surface area contributed by atoms with Crippen LogP contribution in [0.15, 0.2) is 6.33 Å². The van der Waals surface area contributed by atoms with Crippen molar-refractivity contribution in [3.05, 3.63) is 16.8 Å². The summed E-state index contributed by atoms with van der Waals surface area (Å²) in [5, 5.41) is 4.20. The molecule has 1 saturated carbocycles. The minimum atomic E-state index is -0.0493. The summed E-state index contributed by atoms with van der Waals surface area (Å²) in [7, 11) is 0. The molecule has 4 rings (SSSR count). The Bertz CT molecular complexity index is 804. The number of rotatable bonds is 4. The molecule has 2 aromatic rings. The van der Waals surface area contributed by atoms with Crippen LogP contribution in [0.5, 0.6) is 5.88 Å². The summed E-state index contributed by atoms with van der Waals surface area (Å²) >= 11 is 1.75. The monoisotopic (exact) mass is 373 g/mol. The van der Waals surface area contributed by atoms with Gasteiger partial charge in [0.1, 0.15) is 11.2 Å². The molecule has 1 N–H and O–H groups in total. The van der Waals surface area contributed by atoms with E-state index in [4.69, 9.17) is 4.74 Å². The fourth-order valence-electron chi connectivity index (χ4n) is 4.34. The Morgan fingerprint density at radius 1 is 1.23 bits per heavy atom. The van der Waals surface area contributed by atoms with Crippen molar-refractivity contribution in [2.75, 3.05) is 6.61 Å². The highest BCUT2D eigenvalue weighted by Crippen LogP contribution is 2.38. The number of amides is 1. The van der Waals surface area contributed by atoms with Gasteiger partial charge in [-0.05, 0) is 49.5 Å². The van der Waals surface area contributed by atoms with Crippen LogP contribution in [-0.4, -0.2) is 28.5 Å². The molecule has 0 aromatic carbocycles. The van der Waals surface area contributed by atoms with Crippen LogP contribution in [0.1, 0.15) is 56.4 Å². The van der Waals surface area contributed by atoms with Crippen LogP contribution in [0.4, 0.5) is 0 Å². The van der Waals surface area contributed by atoms with Gasteiger partial charge in [0, 0.05) is 10.9 Å². The molecule has 1 amide bonds. The number of fused-ring (bicyclic) bond motifs is 3. The second-order valence-electron chi connectivity index (χ2n) is 7.80. The van der Waals surface area contributed by atoms with Crippen molar-refractivity contribution in [2.24, 2.45) is 11.8 Å². The van der Waals surface area contributed by atoms with Gasteiger partial charge in [-0.1, -0.05) is 26.7 Å². The van der Waals surface area contributed by atoms with Crippen molar-refractivity contribution in [1.29, 1.82) is 0 Å². The summed E-state index contributed by atoms with van der Waals surface area (Å²) in [6.07, 6.45) is 9.67. The first-order chi connectivity index (χ1) is 12.6. The molecule has 140 valence electrons. The Hall–Kier alpha value is -1.69. The number of aryl methyl sites for hydroxylation is 2. The number of nitrogens with zero attached hydrogens (tertiary/aromatic N) is 2. The Kier molecular flexibility index (Phi) is 5.11. The summed E-state index contributed by atoms with van der Waals surface area (Å²) in [4.78, 5) is 23.6. The first-order valence-electron chi connectivity index (χ1n) is 9.81. The van der Waals surface area contributed by atoms with E-state index in [-0.39, 0.29) is 18.6 Å². The highest BCUT2D eigenvalue weighted by molar-refractivity contribution is 7.18. The zero-order valence-electron chi connectivity index (χ0n) is 15.6. The lowest BCUT2D eigenvalue weighted by Gasteiger charge is -2.34. The van der Waals surface area contributed by atoms with Crippen LogP contribution in [-0.2, 0) is 17.6 Å². The number of aromatic nitrogens is 2. The third kappa shape index (κ3) is 3.43. The van der Waals surface area contributed by atoms with Crippen LogP contribution in [0, 0.1) is 11.8 Å². The third-order valence-electron chi connectivity index (χ3n) is 6.11. The van der Waals surface area contributed by atoms with E-state index in [0.717, 1.165) is 29.5 Å². The summed E-state index contributed by atoms with van der Waals surface area (Å²) in [5.74, 6) is 1.69. The van der Waals surface area contributed by atoms with Crippen LogP contribution in [0.2, 0.25) is 0 Å². The zero-order chi connectivity index (χ0) is 18.1. The van der Waals surface area contributed by atoms with Crippen molar-refractivity contribution < 1.29 is 9.53 Å². The van der Waals surface area contributed by atoms with E-state index < -0.39 is 0 Å². The quantitative estimate of drug-likeness (QED) is 0.883. The number of carbonyl (C=O) groups excluding carboxylic acids is 1. The highest BCUT2D eigenvalue weighted by atomic mass is 32.1. The standard InChI is InChI=1S/C20H27N3O2S/c1-12-6-5-8-15(13(12)2)23-17(24)10-25-19-18-14-7-3-4-9-16(14)26-20(18)22-11-21-19/h11-13,15H,3-10H2,1-2H3,(H,23,24)/t12-,13-,15-/m1/s1. The van der Waals surface area contributed by atoms with Crippen LogP contribution < -0.4 is 10.1 Å². The molecular formula is C20H27N3O2S. The average molecular weight is 374 g/mol. The Balaban J connectivity index is 1.44. The van der Waals surface area contributed by atoms with Crippen molar-refractivity contribution in [3.63, 3.8) is 0 Å². The molecule has 2 heterocycles. The van der Waals surface area contributed by atoms with Gasteiger partial charge in [-0.25, -0.2) is 9.97 Å².